The van der Waals surface area contributed by atoms with Gasteiger partial charge >= 0.3 is 0 Å². The first-order chi connectivity index (χ1) is 10.8. The molecule has 3 rings (SSSR count). The quantitative estimate of drug-likeness (QED) is 0.828. The highest BCUT2D eigenvalue weighted by Gasteiger charge is 2.41. The average Bonchev–Trinajstić information content (AvgIpc) is 2.45. The van der Waals surface area contributed by atoms with Crippen LogP contribution in [0, 0.1) is 16.7 Å². The van der Waals surface area contributed by atoms with Crippen LogP contribution in [0.5, 0.6) is 0 Å². The molecule has 1 unspecified atom stereocenters. The second kappa shape index (κ2) is 5.54. The Morgan fingerprint density at radius 1 is 1.30 bits per heavy atom. The van der Waals surface area contributed by atoms with Crippen LogP contribution < -0.4 is 5.32 Å². The second-order valence-corrected chi connectivity index (χ2v) is 7.47. The molecule has 0 radical (unpaired) electrons. The van der Waals surface area contributed by atoms with Crippen molar-refractivity contribution in [3.8, 4) is 6.07 Å². The molecule has 1 heterocycles. The van der Waals surface area contributed by atoms with Crippen LogP contribution in [0.3, 0.4) is 0 Å². The molecule has 23 heavy (non-hydrogen) atoms. The number of hydrogen-bond acceptors (Lipinski definition) is 3. The number of ketones is 1. The molecule has 0 aromatic heterocycles. The third-order valence-electron chi connectivity index (χ3n) is 4.58. The molecule has 0 saturated carbocycles. The summed E-state index contributed by atoms with van der Waals surface area (Å²) in [7, 11) is 0. The first-order valence-electron chi connectivity index (χ1n) is 7.72. The van der Waals surface area contributed by atoms with Crippen LogP contribution in [0.25, 0.3) is 0 Å². The van der Waals surface area contributed by atoms with E-state index in [1.807, 2.05) is 25.1 Å². The van der Waals surface area contributed by atoms with E-state index in [0.29, 0.717) is 22.6 Å². The van der Waals surface area contributed by atoms with Gasteiger partial charge in [0.25, 0.3) is 0 Å². The fourth-order valence-electron chi connectivity index (χ4n) is 3.60. The fourth-order valence-corrected chi connectivity index (χ4v) is 3.85. The number of nitrogens with zero attached hydrogens (tertiary/aromatic N) is 1. The lowest BCUT2D eigenvalue weighted by molar-refractivity contribution is -0.118. The monoisotopic (exact) mass is 326 g/mol. The van der Waals surface area contributed by atoms with E-state index >= 15 is 0 Å². The minimum absolute atomic E-state index is 0.0711. The molecule has 0 saturated heterocycles. The SMILES string of the molecule is CC1=C(C#N)C(c2ccccc2Cl)C2=C(CC(C)(C)CC2=O)N1. The lowest BCUT2D eigenvalue weighted by atomic mass is 9.69. The Morgan fingerprint density at radius 2 is 2.00 bits per heavy atom. The Morgan fingerprint density at radius 3 is 2.65 bits per heavy atom. The number of carbonyl (C=O) groups excluding carboxylic acids is 1. The summed E-state index contributed by atoms with van der Waals surface area (Å²) in [5.74, 6) is -0.262. The Bertz CT molecular complexity index is 796. The molecule has 0 spiro atoms. The van der Waals surface area contributed by atoms with Crippen molar-refractivity contribution in [3.63, 3.8) is 0 Å². The molecule has 118 valence electrons. The first kappa shape index (κ1) is 15.8. The second-order valence-electron chi connectivity index (χ2n) is 7.06. The average molecular weight is 327 g/mol. The van der Waals surface area contributed by atoms with Gasteiger partial charge in [-0.15, -0.1) is 0 Å². The summed E-state index contributed by atoms with van der Waals surface area (Å²) in [4.78, 5) is 12.8. The molecular weight excluding hydrogens is 308 g/mol. The molecule has 1 N–H and O–H groups in total. The van der Waals surface area contributed by atoms with Gasteiger partial charge in [0.2, 0.25) is 0 Å². The van der Waals surface area contributed by atoms with E-state index in [1.54, 1.807) is 6.07 Å². The standard InChI is InChI=1S/C19H19ClN2O/c1-11-13(10-21)17(12-6-4-5-7-14(12)20)18-15(22-11)8-19(2,3)9-16(18)23/h4-7,17,22H,8-9H2,1-3H3. The number of carbonyl (C=O) groups is 1. The van der Waals surface area contributed by atoms with Gasteiger partial charge in [-0.25, -0.2) is 0 Å². The number of Topliss-reactive ketones (excluding diaryl/α,β-unsaturated/α-hetero) is 1. The van der Waals surface area contributed by atoms with E-state index in [1.165, 1.54) is 0 Å². The largest absolute Gasteiger partial charge is 0.361 e. The Kier molecular flexibility index (Phi) is 3.82. The van der Waals surface area contributed by atoms with Crippen LogP contribution in [0.15, 0.2) is 46.8 Å². The number of nitrogens with one attached hydrogen (secondary N) is 1. The van der Waals surface area contributed by atoms with Crippen LogP contribution in [0.4, 0.5) is 0 Å². The van der Waals surface area contributed by atoms with Crippen LogP contribution in [0.1, 0.15) is 45.1 Å². The van der Waals surface area contributed by atoms with Gasteiger partial charge < -0.3 is 5.32 Å². The summed E-state index contributed by atoms with van der Waals surface area (Å²) in [6, 6.07) is 9.74. The number of rotatable bonds is 1. The van der Waals surface area contributed by atoms with E-state index in [9.17, 15) is 10.1 Å². The Labute approximate surface area is 141 Å². The van der Waals surface area contributed by atoms with Gasteiger partial charge in [-0.1, -0.05) is 43.6 Å². The molecule has 3 nitrogen and oxygen atoms in total. The van der Waals surface area contributed by atoms with Gasteiger partial charge in [0.1, 0.15) is 0 Å². The van der Waals surface area contributed by atoms with Crippen LogP contribution in [-0.2, 0) is 4.79 Å². The van der Waals surface area contributed by atoms with Gasteiger partial charge in [0.05, 0.1) is 17.6 Å². The number of allylic oxidation sites excluding steroid dienone is 4. The molecule has 0 fully saturated rings. The van der Waals surface area contributed by atoms with Crippen LogP contribution >= 0.6 is 11.6 Å². The summed E-state index contributed by atoms with van der Waals surface area (Å²) in [5, 5.41) is 13.5. The zero-order chi connectivity index (χ0) is 16.8. The summed E-state index contributed by atoms with van der Waals surface area (Å²) >= 11 is 6.38. The highest BCUT2D eigenvalue weighted by molar-refractivity contribution is 6.31. The topological polar surface area (TPSA) is 52.9 Å². The molecule has 0 amide bonds. The van der Waals surface area contributed by atoms with Crippen molar-refractivity contribution in [2.75, 3.05) is 0 Å². The predicted molar refractivity (Wildman–Crippen MR) is 90.7 cm³/mol. The molecule has 1 aromatic rings. The van der Waals surface area contributed by atoms with Gasteiger partial charge in [-0.05, 0) is 30.4 Å². The van der Waals surface area contributed by atoms with Crippen molar-refractivity contribution in [1.82, 2.24) is 5.32 Å². The summed E-state index contributed by atoms with van der Waals surface area (Å²) in [5.41, 5.74) is 3.78. The van der Waals surface area contributed by atoms with Gasteiger partial charge in [0, 0.05) is 28.4 Å². The summed E-state index contributed by atoms with van der Waals surface area (Å²) in [6.45, 7) is 6.08. The van der Waals surface area contributed by atoms with E-state index in [0.717, 1.165) is 23.4 Å². The normalized spacial score (nSPS) is 23.3. The van der Waals surface area contributed by atoms with Gasteiger partial charge in [-0.2, -0.15) is 5.26 Å². The summed E-state index contributed by atoms with van der Waals surface area (Å²) in [6.07, 6.45) is 1.29. The van der Waals surface area contributed by atoms with Crippen LogP contribution in [-0.4, -0.2) is 5.78 Å². The third kappa shape index (κ3) is 2.68. The molecule has 1 atom stereocenters. The summed E-state index contributed by atoms with van der Waals surface area (Å²) < 4.78 is 0. The van der Waals surface area contributed by atoms with Gasteiger partial charge in [-0.3, -0.25) is 4.79 Å². The zero-order valence-electron chi connectivity index (χ0n) is 13.5. The smallest absolute Gasteiger partial charge is 0.162 e. The minimum atomic E-state index is -0.367. The highest BCUT2D eigenvalue weighted by atomic mass is 35.5. The number of nitriles is 1. The van der Waals surface area contributed by atoms with Gasteiger partial charge in [0.15, 0.2) is 5.78 Å². The number of hydrogen-bond donors (Lipinski definition) is 1. The maximum absolute atomic E-state index is 12.8. The van der Waals surface area contributed by atoms with Crippen LogP contribution in [0.2, 0.25) is 5.02 Å². The van der Waals surface area contributed by atoms with Crippen molar-refractivity contribution >= 4 is 17.4 Å². The number of dihydropyridines is 1. The molecule has 1 aliphatic heterocycles. The fraction of sp³-hybridized carbons (Fsp3) is 0.368. The number of halogens is 1. The van der Waals surface area contributed by atoms with Crippen molar-refractivity contribution in [1.29, 1.82) is 5.26 Å². The van der Waals surface area contributed by atoms with Crippen molar-refractivity contribution in [3.05, 3.63) is 57.4 Å². The molecular formula is C19H19ClN2O. The minimum Gasteiger partial charge on any atom is -0.361 e. The predicted octanol–water partition coefficient (Wildman–Crippen LogP) is 4.47. The lowest BCUT2D eigenvalue weighted by Crippen LogP contribution is -2.36. The Balaban J connectivity index is 2.22. The van der Waals surface area contributed by atoms with E-state index in [-0.39, 0.29) is 17.1 Å². The molecule has 0 bridgehead atoms. The van der Waals surface area contributed by atoms with Crippen molar-refractivity contribution in [2.45, 2.75) is 39.5 Å². The maximum atomic E-state index is 12.8. The molecule has 1 aromatic carbocycles. The van der Waals surface area contributed by atoms with Crippen molar-refractivity contribution in [2.24, 2.45) is 5.41 Å². The lowest BCUT2D eigenvalue weighted by Gasteiger charge is -2.38. The zero-order valence-corrected chi connectivity index (χ0v) is 14.3. The molecule has 4 heteroatoms. The highest BCUT2D eigenvalue weighted by Crippen LogP contribution is 2.47. The Hall–Kier alpha value is -2.05. The van der Waals surface area contributed by atoms with E-state index < -0.39 is 0 Å². The third-order valence-corrected chi connectivity index (χ3v) is 4.92. The van der Waals surface area contributed by atoms with E-state index in [2.05, 4.69) is 25.2 Å². The van der Waals surface area contributed by atoms with Crippen molar-refractivity contribution < 1.29 is 4.79 Å². The maximum Gasteiger partial charge on any atom is 0.162 e. The molecule has 1 aliphatic carbocycles. The molecule has 2 aliphatic rings. The number of benzene rings is 1. The first-order valence-corrected chi connectivity index (χ1v) is 8.10. The van der Waals surface area contributed by atoms with E-state index in [4.69, 9.17) is 11.6 Å².